The van der Waals surface area contributed by atoms with Gasteiger partial charge in [-0.1, -0.05) is 94.9 Å². The molecule has 4 rings (SSSR count). The van der Waals surface area contributed by atoms with E-state index in [4.69, 9.17) is 46.4 Å². The molecule has 46 heavy (non-hydrogen) atoms. The largest absolute Gasteiger partial charge is 0.385 e. The SMILES string of the molecule is FC(F)(c1ccc(-c2cc(Cl)cc(Cl)c2)cc1)C(F)(F)C(F)(F)C(F)(F)C(F)(F)C(F)(F)c1ccc(-c2cc(Cl)cc(Cl)c2)cc1. The molecule has 0 aliphatic rings. The lowest BCUT2D eigenvalue weighted by Crippen LogP contribution is -2.69. The van der Waals surface area contributed by atoms with Crippen LogP contribution in [-0.4, -0.2) is 23.7 Å². The van der Waals surface area contributed by atoms with Crippen molar-refractivity contribution in [1.82, 2.24) is 0 Å². The normalized spacial score (nSPS) is 13.7. The predicted octanol–water partition coefficient (Wildman–Crippen LogP) is 13.1. The van der Waals surface area contributed by atoms with E-state index in [1.165, 1.54) is 36.4 Å². The summed E-state index contributed by atoms with van der Waals surface area (Å²) in [4.78, 5) is 0. The maximum atomic E-state index is 14.8. The van der Waals surface area contributed by atoms with Crippen LogP contribution >= 0.6 is 46.4 Å². The highest BCUT2D eigenvalue weighted by molar-refractivity contribution is 6.35. The van der Waals surface area contributed by atoms with E-state index in [9.17, 15) is 52.7 Å². The van der Waals surface area contributed by atoms with Gasteiger partial charge in [0.1, 0.15) is 0 Å². The second-order valence-electron chi connectivity index (χ2n) is 9.92. The third-order valence-corrected chi connectivity index (χ3v) is 7.73. The highest BCUT2D eigenvalue weighted by Gasteiger charge is 2.90. The molecule has 0 unspecified atom stereocenters. The van der Waals surface area contributed by atoms with E-state index in [1.807, 2.05) is 0 Å². The van der Waals surface area contributed by atoms with Crippen molar-refractivity contribution >= 4 is 46.4 Å². The van der Waals surface area contributed by atoms with E-state index in [1.54, 1.807) is 0 Å². The standard InChI is InChI=1S/C30H14Cl4F12/c31-21-9-17(10-22(32)13-21)15-1-5-19(6-2-15)25(35,36)27(39,40)29(43,44)30(45,46)28(41,42)26(37,38)20-7-3-16(4-8-20)18-11-23(33)14-24(34)12-18/h1-14H. The lowest BCUT2D eigenvalue weighted by molar-refractivity contribution is -0.429. The summed E-state index contributed by atoms with van der Waals surface area (Å²) in [6.07, 6.45) is 0. The van der Waals surface area contributed by atoms with Crippen LogP contribution in [0, 0.1) is 0 Å². The molecule has 4 aromatic carbocycles. The quantitative estimate of drug-likeness (QED) is 0.150. The summed E-state index contributed by atoms with van der Waals surface area (Å²) in [5.41, 5.74) is -3.81. The summed E-state index contributed by atoms with van der Waals surface area (Å²) in [5.74, 6) is -42.7. The van der Waals surface area contributed by atoms with E-state index < -0.39 is 46.7 Å². The van der Waals surface area contributed by atoms with Gasteiger partial charge < -0.3 is 0 Å². The zero-order valence-electron chi connectivity index (χ0n) is 22.1. The van der Waals surface area contributed by atoms with Crippen molar-refractivity contribution in [2.45, 2.75) is 35.5 Å². The van der Waals surface area contributed by atoms with Gasteiger partial charge in [0.05, 0.1) is 0 Å². The summed E-state index contributed by atoms with van der Waals surface area (Å²) in [6.45, 7) is 0. The van der Waals surface area contributed by atoms with Gasteiger partial charge in [0.25, 0.3) is 0 Å². The Morgan fingerprint density at radius 3 is 0.783 bits per heavy atom. The average Bonchev–Trinajstić information content (AvgIpc) is 2.95. The molecule has 0 saturated heterocycles. The van der Waals surface area contributed by atoms with Crippen molar-refractivity contribution in [1.29, 1.82) is 0 Å². The molecule has 0 aromatic heterocycles. The smallest absolute Gasteiger partial charge is 0.194 e. The third-order valence-electron chi connectivity index (χ3n) is 6.86. The van der Waals surface area contributed by atoms with Crippen molar-refractivity contribution in [3.63, 3.8) is 0 Å². The van der Waals surface area contributed by atoms with E-state index in [0.717, 1.165) is 0 Å². The van der Waals surface area contributed by atoms with Crippen LogP contribution in [0.1, 0.15) is 11.1 Å². The van der Waals surface area contributed by atoms with Crippen LogP contribution in [0.15, 0.2) is 84.9 Å². The third kappa shape index (κ3) is 5.90. The molecule has 0 N–H and O–H groups in total. The van der Waals surface area contributed by atoms with Gasteiger partial charge in [-0.05, 0) is 58.7 Å². The minimum absolute atomic E-state index is 0.0278. The highest BCUT2D eigenvalue weighted by Crippen LogP contribution is 2.63. The van der Waals surface area contributed by atoms with Crippen LogP contribution in [0.3, 0.4) is 0 Å². The Bertz CT molecular complexity index is 1570. The van der Waals surface area contributed by atoms with E-state index in [-0.39, 0.29) is 66.6 Å². The van der Waals surface area contributed by atoms with E-state index in [0.29, 0.717) is 24.3 Å². The van der Waals surface area contributed by atoms with Crippen molar-refractivity contribution in [3.05, 3.63) is 116 Å². The molecule has 0 atom stereocenters. The Morgan fingerprint density at radius 1 is 0.304 bits per heavy atom. The van der Waals surface area contributed by atoms with E-state index in [2.05, 4.69) is 0 Å². The van der Waals surface area contributed by atoms with E-state index >= 15 is 0 Å². The highest BCUT2D eigenvalue weighted by atomic mass is 35.5. The molecule has 0 heterocycles. The first kappa shape index (κ1) is 36.0. The topological polar surface area (TPSA) is 0 Å². The molecule has 0 aliphatic heterocycles. The molecule has 0 spiro atoms. The van der Waals surface area contributed by atoms with Crippen LogP contribution in [0.2, 0.25) is 20.1 Å². The lowest BCUT2D eigenvalue weighted by Gasteiger charge is -2.41. The number of rotatable bonds is 9. The summed E-state index contributed by atoms with van der Waals surface area (Å²) in [5, 5.41) is 0.241. The number of hydrogen-bond acceptors (Lipinski definition) is 0. The second-order valence-corrected chi connectivity index (χ2v) is 11.7. The molecule has 246 valence electrons. The number of benzene rings is 4. The van der Waals surface area contributed by atoms with Gasteiger partial charge in [0.2, 0.25) is 0 Å². The Hall–Kier alpha value is -2.80. The van der Waals surface area contributed by atoms with Gasteiger partial charge in [-0.2, -0.15) is 52.7 Å². The molecule has 0 amide bonds. The number of hydrogen-bond donors (Lipinski definition) is 0. The van der Waals surface area contributed by atoms with Crippen LogP contribution in [0.4, 0.5) is 52.7 Å². The average molecular weight is 744 g/mol. The van der Waals surface area contributed by atoms with Gasteiger partial charge >= 0.3 is 35.5 Å². The van der Waals surface area contributed by atoms with Crippen molar-refractivity contribution in [2.75, 3.05) is 0 Å². The Balaban J connectivity index is 1.68. The molecule has 0 aliphatic carbocycles. The molecule has 0 radical (unpaired) electrons. The summed E-state index contributed by atoms with van der Waals surface area (Å²) < 4.78 is 177. The van der Waals surface area contributed by atoms with Gasteiger partial charge in [-0.25, -0.2) is 0 Å². The van der Waals surface area contributed by atoms with Crippen molar-refractivity contribution in [2.24, 2.45) is 0 Å². The predicted molar refractivity (Wildman–Crippen MR) is 151 cm³/mol. The monoisotopic (exact) mass is 742 g/mol. The van der Waals surface area contributed by atoms with Gasteiger partial charge in [0.15, 0.2) is 0 Å². The van der Waals surface area contributed by atoms with Crippen molar-refractivity contribution in [3.8, 4) is 22.3 Å². The first-order valence-electron chi connectivity index (χ1n) is 12.4. The zero-order valence-corrected chi connectivity index (χ0v) is 25.2. The lowest BCUT2D eigenvalue weighted by atomic mass is 9.86. The fraction of sp³-hybridized carbons (Fsp3) is 0.200. The fourth-order valence-corrected chi connectivity index (χ4v) is 5.39. The maximum Gasteiger partial charge on any atom is 0.385 e. The Morgan fingerprint density at radius 2 is 0.543 bits per heavy atom. The molecule has 0 bridgehead atoms. The number of alkyl halides is 12. The minimum Gasteiger partial charge on any atom is -0.194 e. The summed E-state index contributed by atoms with van der Waals surface area (Å²) in [6, 6.07) is 10.8. The first-order valence-corrected chi connectivity index (χ1v) is 13.9. The fourth-order valence-electron chi connectivity index (χ4n) is 4.34. The van der Waals surface area contributed by atoms with Crippen LogP contribution in [0.25, 0.3) is 22.3 Å². The molecule has 0 fully saturated rings. The van der Waals surface area contributed by atoms with Gasteiger partial charge in [-0.3, -0.25) is 0 Å². The first-order chi connectivity index (χ1) is 21.0. The molecule has 0 saturated carbocycles. The minimum atomic E-state index is -7.74. The van der Waals surface area contributed by atoms with Crippen LogP contribution in [0.5, 0.6) is 0 Å². The van der Waals surface area contributed by atoms with Gasteiger partial charge in [-0.15, -0.1) is 0 Å². The molecular weight excluding hydrogens is 730 g/mol. The Labute approximate surface area is 272 Å². The van der Waals surface area contributed by atoms with Gasteiger partial charge in [0, 0.05) is 31.2 Å². The molecule has 16 heteroatoms. The zero-order chi connectivity index (χ0) is 34.7. The molecule has 0 nitrogen and oxygen atoms in total. The summed E-state index contributed by atoms with van der Waals surface area (Å²) >= 11 is 23.3. The summed E-state index contributed by atoms with van der Waals surface area (Å²) in [7, 11) is 0. The molecular formula is C30H14Cl4F12. The maximum absolute atomic E-state index is 14.8. The number of halogens is 16. The van der Waals surface area contributed by atoms with Crippen LogP contribution < -0.4 is 0 Å². The Kier molecular flexibility index (Phi) is 9.42. The van der Waals surface area contributed by atoms with Crippen LogP contribution in [-0.2, 0) is 11.8 Å². The molecule has 4 aromatic rings. The second kappa shape index (κ2) is 12.0. The van der Waals surface area contributed by atoms with Crippen molar-refractivity contribution < 1.29 is 52.7 Å².